The fraction of sp³-hybridized carbons (Fsp3) is 0.690. The normalized spacial score (nSPS) is 19.5. The molecular weight excluding hydrogens is 452 g/mol. The predicted molar refractivity (Wildman–Crippen MR) is 148 cm³/mol. The molecular formula is C29H48N2O3Si. The molecule has 0 unspecified atom stereocenters. The summed E-state index contributed by atoms with van der Waals surface area (Å²) in [4.78, 5) is 15.0. The van der Waals surface area contributed by atoms with Crippen LogP contribution in [0.25, 0.3) is 0 Å². The molecule has 0 bridgehead atoms. The molecule has 1 saturated heterocycles. The fourth-order valence-corrected chi connectivity index (χ4v) is 11.0. The van der Waals surface area contributed by atoms with Gasteiger partial charge >= 0.3 is 6.09 Å². The highest BCUT2D eigenvalue weighted by Crippen LogP contribution is 2.41. The van der Waals surface area contributed by atoms with Crippen LogP contribution in [0.1, 0.15) is 74.3 Å². The van der Waals surface area contributed by atoms with Crippen LogP contribution >= 0.6 is 0 Å². The van der Waals surface area contributed by atoms with Crippen molar-refractivity contribution in [2.75, 3.05) is 20.2 Å². The number of hydrogen-bond donors (Lipinski definition) is 1. The zero-order chi connectivity index (χ0) is 26.4. The number of methoxy groups -OCH3 is 1. The molecule has 35 heavy (non-hydrogen) atoms. The van der Waals surface area contributed by atoms with Gasteiger partial charge in [0.05, 0.1) is 7.11 Å². The van der Waals surface area contributed by atoms with E-state index < -0.39 is 13.7 Å². The minimum atomic E-state index is -1.81. The molecule has 0 saturated carbocycles. The standard InChI is InChI=1S/C29H48N2O3Si/c1-21(2)35(22(3)4,23(5)6)16-15-25-17-26(30-28(32)34-29(7,8)9)20-31(19-25)18-24-11-13-27(33-10)14-12-24/h11-14,21-23,25-26H,17-20H2,1-10H3,(H,30,32)/t25-,26+/m1/s1. The monoisotopic (exact) mass is 500 g/mol. The van der Waals surface area contributed by atoms with Gasteiger partial charge in [0.1, 0.15) is 19.4 Å². The number of carbonyl (C=O) groups excluding carboxylic acids is 1. The number of nitrogens with one attached hydrogen (secondary N) is 1. The Morgan fingerprint density at radius 2 is 1.63 bits per heavy atom. The third kappa shape index (κ3) is 8.29. The average Bonchev–Trinajstić information content (AvgIpc) is 2.72. The average molecular weight is 501 g/mol. The first-order valence-corrected chi connectivity index (χ1v) is 15.4. The molecule has 1 amide bonds. The lowest BCUT2D eigenvalue weighted by molar-refractivity contribution is 0.0458. The summed E-state index contributed by atoms with van der Waals surface area (Å²) >= 11 is 0. The lowest BCUT2D eigenvalue weighted by Crippen LogP contribution is -2.51. The molecule has 196 valence electrons. The van der Waals surface area contributed by atoms with Crippen molar-refractivity contribution >= 4 is 14.2 Å². The van der Waals surface area contributed by atoms with E-state index in [0.29, 0.717) is 16.6 Å². The van der Waals surface area contributed by atoms with Crippen LogP contribution in [-0.4, -0.2) is 50.9 Å². The summed E-state index contributed by atoms with van der Waals surface area (Å²) in [5.41, 5.74) is 6.43. The number of benzene rings is 1. The number of piperidine rings is 1. The summed E-state index contributed by atoms with van der Waals surface area (Å²) in [6.45, 7) is 22.3. The summed E-state index contributed by atoms with van der Waals surface area (Å²) < 4.78 is 10.9. The molecule has 1 aliphatic rings. The first-order valence-electron chi connectivity index (χ1n) is 13.1. The van der Waals surface area contributed by atoms with E-state index in [1.165, 1.54) is 5.56 Å². The van der Waals surface area contributed by atoms with Crippen LogP contribution in [0.5, 0.6) is 5.75 Å². The zero-order valence-electron chi connectivity index (χ0n) is 23.7. The van der Waals surface area contributed by atoms with Crippen LogP contribution in [0.15, 0.2) is 24.3 Å². The Labute approximate surface area is 215 Å². The molecule has 2 atom stereocenters. The molecule has 1 heterocycles. The van der Waals surface area contributed by atoms with Gasteiger partial charge in [0.2, 0.25) is 0 Å². The molecule has 0 radical (unpaired) electrons. The molecule has 2 rings (SSSR count). The van der Waals surface area contributed by atoms with Gasteiger partial charge in [0.15, 0.2) is 0 Å². The van der Waals surface area contributed by atoms with Gasteiger partial charge < -0.3 is 14.8 Å². The SMILES string of the molecule is COc1ccc(CN2C[C@H](C#C[Si](C(C)C)(C(C)C)C(C)C)C[C@H](NC(=O)OC(C)(C)C)C2)cc1. The van der Waals surface area contributed by atoms with Gasteiger partial charge in [-0.1, -0.05) is 53.7 Å². The third-order valence-electron chi connectivity index (χ3n) is 7.17. The smallest absolute Gasteiger partial charge is 0.407 e. The Bertz CT molecular complexity index is 856. The van der Waals surface area contributed by atoms with E-state index in [2.05, 4.69) is 75.4 Å². The Balaban J connectivity index is 2.28. The van der Waals surface area contributed by atoms with E-state index in [1.54, 1.807) is 7.11 Å². The van der Waals surface area contributed by atoms with Gasteiger partial charge in [0.25, 0.3) is 0 Å². The summed E-state index contributed by atoms with van der Waals surface area (Å²) in [6.07, 6.45) is 0.500. The topological polar surface area (TPSA) is 50.8 Å². The second kappa shape index (κ2) is 12.3. The van der Waals surface area contributed by atoms with Crippen molar-refractivity contribution in [2.45, 2.75) is 104 Å². The van der Waals surface area contributed by atoms with Crippen molar-refractivity contribution < 1.29 is 14.3 Å². The molecule has 0 aromatic heterocycles. The molecule has 1 aromatic rings. The van der Waals surface area contributed by atoms with E-state index >= 15 is 0 Å². The van der Waals surface area contributed by atoms with Crippen LogP contribution in [0.3, 0.4) is 0 Å². The number of alkyl carbamates (subject to hydrolysis) is 1. The van der Waals surface area contributed by atoms with Gasteiger partial charge in [-0.3, -0.25) is 4.90 Å². The van der Waals surface area contributed by atoms with Crippen LogP contribution in [0.4, 0.5) is 4.79 Å². The molecule has 1 fully saturated rings. The van der Waals surface area contributed by atoms with E-state index in [-0.39, 0.29) is 18.1 Å². The first kappa shape index (κ1) is 29.3. The van der Waals surface area contributed by atoms with Crippen molar-refractivity contribution in [3.05, 3.63) is 29.8 Å². The Morgan fingerprint density at radius 1 is 1.06 bits per heavy atom. The maximum atomic E-state index is 12.6. The highest BCUT2D eigenvalue weighted by atomic mass is 28.3. The number of ether oxygens (including phenoxy) is 2. The number of rotatable bonds is 7. The molecule has 0 aliphatic carbocycles. The zero-order valence-corrected chi connectivity index (χ0v) is 24.7. The number of likely N-dealkylation sites (tertiary alicyclic amines) is 1. The van der Waals surface area contributed by atoms with Gasteiger partial charge in [0, 0.05) is 31.6 Å². The highest BCUT2D eigenvalue weighted by molar-refractivity contribution is 6.90. The largest absolute Gasteiger partial charge is 0.497 e. The molecule has 5 nitrogen and oxygen atoms in total. The van der Waals surface area contributed by atoms with Crippen molar-refractivity contribution in [1.29, 1.82) is 0 Å². The predicted octanol–water partition coefficient (Wildman–Crippen LogP) is 6.63. The van der Waals surface area contributed by atoms with Gasteiger partial charge in [-0.05, 0) is 61.5 Å². The summed E-state index contributed by atoms with van der Waals surface area (Å²) in [6, 6.07) is 8.23. The molecule has 1 aliphatic heterocycles. The molecule has 1 aromatic carbocycles. The van der Waals surface area contributed by atoms with Crippen molar-refractivity contribution in [3.63, 3.8) is 0 Å². The Kier molecular flexibility index (Phi) is 10.3. The number of nitrogens with zero attached hydrogens (tertiary/aromatic N) is 1. The first-order chi connectivity index (χ1) is 16.3. The second-order valence-electron chi connectivity index (χ2n) is 12.0. The minimum absolute atomic E-state index is 0.00404. The van der Waals surface area contributed by atoms with E-state index in [0.717, 1.165) is 31.8 Å². The summed E-state index contributed by atoms with van der Waals surface area (Å²) in [5, 5.41) is 3.13. The van der Waals surface area contributed by atoms with Gasteiger partial charge in [-0.15, -0.1) is 11.5 Å². The lowest BCUT2D eigenvalue weighted by atomic mass is 9.94. The molecule has 1 N–H and O–H groups in total. The number of carbonyl (C=O) groups is 1. The minimum Gasteiger partial charge on any atom is -0.497 e. The highest BCUT2D eigenvalue weighted by Gasteiger charge is 2.42. The lowest BCUT2D eigenvalue weighted by Gasteiger charge is -2.39. The van der Waals surface area contributed by atoms with E-state index in [4.69, 9.17) is 9.47 Å². The maximum absolute atomic E-state index is 12.6. The second-order valence-corrected chi connectivity index (χ2v) is 17.6. The van der Waals surface area contributed by atoms with Crippen LogP contribution in [0, 0.1) is 17.4 Å². The van der Waals surface area contributed by atoms with Crippen LogP contribution in [0.2, 0.25) is 16.6 Å². The van der Waals surface area contributed by atoms with Crippen molar-refractivity contribution in [3.8, 4) is 17.2 Å². The van der Waals surface area contributed by atoms with Crippen LogP contribution in [-0.2, 0) is 11.3 Å². The van der Waals surface area contributed by atoms with E-state index in [9.17, 15) is 4.79 Å². The fourth-order valence-electron chi connectivity index (χ4n) is 5.65. The quantitative estimate of drug-likeness (QED) is 0.337. The van der Waals surface area contributed by atoms with Gasteiger partial charge in [-0.25, -0.2) is 4.79 Å². The number of hydrogen-bond acceptors (Lipinski definition) is 4. The van der Waals surface area contributed by atoms with Crippen LogP contribution < -0.4 is 10.1 Å². The van der Waals surface area contributed by atoms with Crippen molar-refractivity contribution in [2.24, 2.45) is 5.92 Å². The Morgan fingerprint density at radius 3 is 2.11 bits per heavy atom. The maximum Gasteiger partial charge on any atom is 0.407 e. The van der Waals surface area contributed by atoms with Gasteiger partial charge in [-0.2, -0.15) is 0 Å². The summed E-state index contributed by atoms with van der Waals surface area (Å²) in [5.74, 6) is 4.82. The molecule has 0 spiro atoms. The Hall–Kier alpha value is -1.97. The summed E-state index contributed by atoms with van der Waals surface area (Å²) in [7, 11) is -0.124. The number of amides is 1. The van der Waals surface area contributed by atoms with Crippen molar-refractivity contribution in [1.82, 2.24) is 10.2 Å². The molecule has 6 heteroatoms. The third-order valence-corrected chi connectivity index (χ3v) is 13.5. The van der Waals surface area contributed by atoms with E-state index in [1.807, 2.05) is 32.9 Å².